The van der Waals surface area contributed by atoms with E-state index < -0.39 is 0 Å². The second-order valence-electron chi connectivity index (χ2n) is 3.28. The predicted molar refractivity (Wildman–Crippen MR) is 51.8 cm³/mol. The molecule has 2 N–H and O–H groups in total. The summed E-state index contributed by atoms with van der Waals surface area (Å²) < 4.78 is 0. The van der Waals surface area contributed by atoms with Gasteiger partial charge in [-0.3, -0.25) is 0 Å². The molecule has 0 saturated heterocycles. The van der Waals surface area contributed by atoms with Gasteiger partial charge in [-0.1, -0.05) is 19.1 Å². The number of hydrogen-bond donors (Lipinski definition) is 2. The van der Waals surface area contributed by atoms with Crippen LogP contribution in [0.25, 0.3) is 0 Å². The number of phenols is 1. The Hall–Kier alpha value is -1.51. The Morgan fingerprint density at radius 2 is 2.23 bits per heavy atom. The van der Waals surface area contributed by atoms with Crippen LogP contribution in [0.1, 0.15) is 12.5 Å². The van der Waals surface area contributed by atoms with Gasteiger partial charge in [0.05, 0.1) is 5.71 Å². The number of rotatable bonds is 1. The number of hydrogen-bond acceptors (Lipinski definition) is 3. The van der Waals surface area contributed by atoms with Crippen LogP contribution in [-0.4, -0.2) is 17.4 Å². The summed E-state index contributed by atoms with van der Waals surface area (Å²) in [5, 5.41) is 13.7. The fourth-order valence-electron chi connectivity index (χ4n) is 1.49. The zero-order valence-corrected chi connectivity index (χ0v) is 7.49. The summed E-state index contributed by atoms with van der Waals surface area (Å²) in [5.41, 5.74) is 4.70. The molecule has 0 aromatic heterocycles. The Balaban J connectivity index is 2.40. The zero-order chi connectivity index (χ0) is 9.26. The molecule has 2 rings (SSSR count). The molecule has 0 fully saturated rings. The number of para-hydroxylation sites is 1. The second kappa shape index (κ2) is 3.09. The van der Waals surface area contributed by atoms with Crippen LogP contribution in [0.15, 0.2) is 29.4 Å². The lowest BCUT2D eigenvalue weighted by molar-refractivity contribution is 0.474. The summed E-state index contributed by atoms with van der Waals surface area (Å²) in [6.07, 6.45) is 0. The highest BCUT2D eigenvalue weighted by molar-refractivity contribution is 6.04. The molecule has 0 amide bonds. The maximum Gasteiger partial charge on any atom is 0.124 e. The zero-order valence-electron chi connectivity index (χ0n) is 7.49. The maximum absolute atomic E-state index is 9.58. The van der Waals surface area contributed by atoms with Gasteiger partial charge in [0.2, 0.25) is 0 Å². The lowest BCUT2D eigenvalue weighted by Gasteiger charge is -2.06. The van der Waals surface area contributed by atoms with E-state index in [1.54, 1.807) is 6.07 Å². The molecule has 0 aliphatic carbocycles. The fourth-order valence-corrected chi connectivity index (χ4v) is 1.49. The van der Waals surface area contributed by atoms with Gasteiger partial charge in [0, 0.05) is 18.0 Å². The number of hydrazone groups is 1. The minimum absolute atomic E-state index is 0.303. The Labute approximate surface area is 77.1 Å². The first-order valence-electron chi connectivity index (χ1n) is 4.38. The van der Waals surface area contributed by atoms with Crippen molar-refractivity contribution in [3.05, 3.63) is 29.8 Å². The van der Waals surface area contributed by atoms with Gasteiger partial charge in [-0.25, -0.2) is 0 Å². The third-order valence-electron chi connectivity index (χ3n) is 2.24. The fraction of sp³-hybridized carbons (Fsp3) is 0.300. The largest absolute Gasteiger partial charge is 0.507 e. The van der Waals surface area contributed by atoms with Crippen LogP contribution in [0.4, 0.5) is 0 Å². The van der Waals surface area contributed by atoms with Gasteiger partial charge in [0.15, 0.2) is 0 Å². The summed E-state index contributed by atoms with van der Waals surface area (Å²) in [4.78, 5) is 0. The van der Waals surface area contributed by atoms with Crippen molar-refractivity contribution in [1.82, 2.24) is 5.43 Å². The van der Waals surface area contributed by atoms with E-state index in [2.05, 4.69) is 17.5 Å². The minimum Gasteiger partial charge on any atom is -0.507 e. The van der Waals surface area contributed by atoms with Gasteiger partial charge in [0.25, 0.3) is 0 Å². The highest BCUT2D eigenvalue weighted by Crippen LogP contribution is 2.21. The van der Waals surface area contributed by atoms with Crippen molar-refractivity contribution in [2.75, 3.05) is 6.54 Å². The van der Waals surface area contributed by atoms with E-state index in [1.165, 1.54) is 0 Å². The van der Waals surface area contributed by atoms with Crippen LogP contribution < -0.4 is 5.43 Å². The number of aromatic hydroxyl groups is 1. The minimum atomic E-state index is 0.303. The van der Waals surface area contributed by atoms with Crippen LogP contribution >= 0.6 is 0 Å². The molecule has 0 radical (unpaired) electrons. The van der Waals surface area contributed by atoms with Gasteiger partial charge < -0.3 is 10.5 Å². The Morgan fingerprint density at radius 3 is 2.85 bits per heavy atom. The van der Waals surface area contributed by atoms with Gasteiger partial charge in [-0.15, -0.1) is 0 Å². The second-order valence-corrected chi connectivity index (χ2v) is 3.28. The van der Waals surface area contributed by atoms with E-state index in [1.807, 2.05) is 18.2 Å². The SMILES string of the molecule is C[C@H]1CNN=C1c1ccccc1O. The average Bonchev–Trinajstić information content (AvgIpc) is 2.52. The molecular formula is C10H12N2O. The smallest absolute Gasteiger partial charge is 0.124 e. The van der Waals surface area contributed by atoms with Gasteiger partial charge in [-0.05, 0) is 12.1 Å². The highest BCUT2D eigenvalue weighted by Gasteiger charge is 2.19. The monoisotopic (exact) mass is 176 g/mol. The normalized spacial score (nSPS) is 21.0. The summed E-state index contributed by atoms with van der Waals surface area (Å²) in [5.74, 6) is 0.671. The molecule has 0 saturated carbocycles. The van der Waals surface area contributed by atoms with E-state index in [4.69, 9.17) is 0 Å². The van der Waals surface area contributed by atoms with E-state index in [9.17, 15) is 5.11 Å². The molecule has 1 heterocycles. The number of nitrogens with one attached hydrogen (secondary N) is 1. The number of benzene rings is 1. The van der Waals surface area contributed by atoms with E-state index in [-0.39, 0.29) is 0 Å². The van der Waals surface area contributed by atoms with E-state index in [0.717, 1.165) is 17.8 Å². The number of nitrogens with zero attached hydrogens (tertiary/aromatic N) is 1. The lowest BCUT2D eigenvalue weighted by Crippen LogP contribution is -2.12. The Bertz CT molecular complexity index is 347. The third kappa shape index (κ3) is 1.37. The molecule has 1 aromatic rings. The van der Waals surface area contributed by atoms with Gasteiger partial charge in [-0.2, -0.15) is 5.10 Å². The summed E-state index contributed by atoms with van der Waals surface area (Å²) >= 11 is 0. The van der Waals surface area contributed by atoms with Gasteiger partial charge in [0.1, 0.15) is 5.75 Å². The van der Waals surface area contributed by atoms with Crippen LogP contribution in [0.3, 0.4) is 0 Å². The molecule has 0 bridgehead atoms. The molecule has 1 aliphatic rings. The van der Waals surface area contributed by atoms with Crippen LogP contribution in [-0.2, 0) is 0 Å². The van der Waals surface area contributed by atoms with Crippen LogP contribution in [0.5, 0.6) is 5.75 Å². The Morgan fingerprint density at radius 1 is 1.46 bits per heavy atom. The molecule has 1 atom stereocenters. The summed E-state index contributed by atoms with van der Waals surface area (Å²) in [6, 6.07) is 7.29. The van der Waals surface area contributed by atoms with Crippen molar-refractivity contribution in [1.29, 1.82) is 0 Å². The van der Waals surface area contributed by atoms with E-state index >= 15 is 0 Å². The third-order valence-corrected chi connectivity index (χ3v) is 2.24. The van der Waals surface area contributed by atoms with Crippen LogP contribution in [0, 0.1) is 5.92 Å². The van der Waals surface area contributed by atoms with Crippen molar-refractivity contribution in [2.45, 2.75) is 6.92 Å². The topological polar surface area (TPSA) is 44.6 Å². The van der Waals surface area contributed by atoms with Gasteiger partial charge >= 0.3 is 0 Å². The molecule has 0 unspecified atom stereocenters. The molecule has 3 heteroatoms. The first kappa shape index (κ1) is 8.10. The summed E-state index contributed by atoms with van der Waals surface area (Å²) in [6.45, 7) is 2.94. The Kier molecular flexibility index (Phi) is 1.93. The van der Waals surface area contributed by atoms with Crippen molar-refractivity contribution >= 4 is 5.71 Å². The van der Waals surface area contributed by atoms with Crippen LogP contribution in [0.2, 0.25) is 0 Å². The highest BCUT2D eigenvalue weighted by atomic mass is 16.3. The number of phenolic OH excluding ortho intramolecular Hbond substituents is 1. The molecule has 3 nitrogen and oxygen atoms in total. The molecule has 13 heavy (non-hydrogen) atoms. The molecule has 1 aromatic carbocycles. The molecule has 68 valence electrons. The first-order chi connectivity index (χ1) is 6.29. The molecular weight excluding hydrogens is 164 g/mol. The maximum atomic E-state index is 9.58. The molecule has 0 spiro atoms. The average molecular weight is 176 g/mol. The van der Waals surface area contributed by atoms with Crippen molar-refractivity contribution in [3.63, 3.8) is 0 Å². The lowest BCUT2D eigenvalue weighted by atomic mass is 9.99. The quantitative estimate of drug-likeness (QED) is 0.678. The first-order valence-corrected chi connectivity index (χ1v) is 4.38. The predicted octanol–water partition coefficient (Wildman–Crippen LogP) is 1.34. The molecule has 1 aliphatic heterocycles. The van der Waals surface area contributed by atoms with Crippen molar-refractivity contribution < 1.29 is 5.11 Å². The van der Waals surface area contributed by atoms with E-state index in [0.29, 0.717) is 11.7 Å². The van der Waals surface area contributed by atoms with Crippen molar-refractivity contribution in [3.8, 4) is 5.75 Å². The van der Waals surface area contributed by atoms with Crippen molar-refractivity contribution in [2.24, 2.45) is 11.0 Å². The summed E-state index contributed by atoms with van der Waals surface area (Å²) in [7, 11) is 0. The standard InChI is InChI=1S/C10H12N2O/c1-7-6-11-12-10(7)8-4-2-3-5-9(8)13/h2-5,7,11,13H,6H2,1H3/t7-/m0/s1.